The molecule has 0 aromatic carbocycles. The van der Waals surface area contributed by atoms with E-state index in [4.69, 9.17) is 23.2 Å². The lowest BCUT2D eigenvalue weighted by molar-refractivity contribution is -0.120. The fraction of sp³-hybridized carbons (Fsp3) is 0.600. The van der Waals surface area contributed by atoms with Gasteiger partial charge in [0, 0.05) is 6.20 Å². The van der Waals surface area contributed by atoms with Gasteiger partial charge in [-0.3, -0.25) is 9.48 Å². The molecule has 0 bridgehead atoms. The lowest BCUT2D eigenvalue weighted by atomic mass is 10.1. The van der Waals surface area contributed by atoms with Gasteiger partial charge in [-0.05, 0) is 13.3 Å². The van der Waals surface area contributed by atoms with Gasteiger partial charge in [-0.15, -0.1) is 23.2 Å². The Morgan fingerprint density at radius 2 is 2.28 bits per heavy atom. The van der Waals surface area contributed by atoms with Gasteiger partial charge in [0.2, 0.25) is 5.91 Å². The second kappa shape index (κ2) is 4.35. The summed E-state index contributed by atoms with van der Waals surface area (Å²) < 4.78 is 24.2. The van der Waals surface area contributed by atoms with Gasteiger partial charge in [0.15, 0.2) is 0 Å². The van der Waals surface area contributed by atoms with Crippen LogP contribution < -0.4 is 5.32 Å². The van der Waals surface area contributed by atoms with Crippen LogP contribution in [0, 0.1) is 5.41 Å². The highest BCUT2D eigenvalue weighted by molar-refractivity contribution is 6.53. The maximum atomic E-state index is 12.1. The third-order valence-corrected chi connectivity index (χ3v) is 4.08. The van der Waals surface area contributed by atoms with E-state index in [9.17, 15) is 13.6 Å². The van der Waals surface area contributed by atoms with Crippen LogP contribution >= 0.6 is 23.2 Å². The minimum absolute atomic E-state index is 0.343. The first-order valence-corrected chi connectivity index (χ1v) is 6.00. The quantitative estimate of drug-likeness (QED) is 0.869. The molecule has 0 unspecified atom stereocenters. The summed E-state index contributed by atoms with van der Waals surface area (Å²) >= 11 is 11.7. The molecule has 1 heterocycles. The van der Waals surface area contributed by atoms with Crippen LogP contribution in [-0.4, -0.2) is 26.4 Å². The molecule has 1 atom stereocenters. The molecule has 4 nitrogen and oxygen atoms in total. The fourth-order valence-corrected chi connectivity index (χ4v) is 2.29. The summed E-state index contributed by atoms with van der Waals surface area (Å²) in [5, 5.41) is 6.26. The first-order chi connectivity index (χ1) is 8.24. The van der Waals surface area contributed by atoms with E-state index in [1.165, 1.54) is 12.4 Å². The van der Waals surface area contributed by atoms with E-state index in [2.05, 4.69) is 10.4 Å². The Morgan fingerprint density at radius 1 is 1.67 bits per heavy atom. The summed E-state index contributed by atoms with van der Waals surface area (Å²) in [6.45, 7) is 1.13. The number of hydrogen-bond acceptors (Lipinski definition) is 2. The molecule has 8 heteroatoms. The first kappa shape index (κ1) is 13.5. The number of halogens is 4. The van der Waals surface area contributed by atoms with Crippen LogP contribution in [0.5, 0.6) is 0 Å². The van der Waals surface area contributed by atoms with Gasteiger partial charge in [0.1, 0.15) is 10.9 Å². The molecule has 2 rings (SSSR count). The third-order valence-electron chi connectivity index (χ3n) is 2.98. The number of alkyl halides is 4. The Hall–Kier alpha value is -0.880. The molecule has 1 aromatic rings. The number of carbonyl (C=O) groups excluding carboxylic acids is 1. The lowest BCUT2D eigenvalue weighted by Gasteiger charge is -2.10. The average molecular weight is 298 g/mol. The number of anilines is 1. The number of amides is 1. The highest BCUT2D eigenvalue weighted by Gasteiger charge is 2.67. The number of nitrogens with one attached hydrogen (secondary N) is 1. The summed E-state index contributed by atoms with van der Waals surface area (Å²) in [4.78, 5) is 11.9. The number of rotatable bonds is 4. The van der Waals surface area contributed by atoms with Crippen molar-refractivity contribution in [2.45, 2.75) is 30.6 Å². The second-order valence-electron chi connectivity index (χ2n) is 4.51. The molecule has 0 spiro atoms. The summed E-state index contributed by atoms with van der Waals surface area (Å²) in [7, 11) is 0. The van der Waals surface area contributed by atoms with Gasteiger partial charge in [-0.1, -0.05) is 0 Å². The molecule has 1 aromatic heterocycles. The molecule has 0 aliphatic heterocycles. The van der Waals surface area contributed by atoms with E-state index < -0.39 is 22.7 Å². The predicted molar refractivity (Wildman–Crippen MR) is 64.0 cm³/mol. The Bertz CT molecular complexity index is 477. The standard InChI is InChI=1S/C10H11Cl2F2N3O/c1-9(5-10(9,11)12)8(18)16-6-2-15-17(3-6)4-7(13)14/h2-3,7H,4-5H2,1H3,(H,16,18)/t9-/m0/s1. The van der Waals surface area contributed by atoms with Crippen molar-refractivity contribution >= 4 is 34.8 Å². The zero-order valence-electron chi connectivity index (χ0n) is 9.46. The van der Waals surface area contributed by atoms with E-state index in [-0.39, 0.29) is 5.91 Å². The summed E-state index contributed by atoms with van der Waals surface area (Å²) in [5.74, 6) is -0.343. The van der Waals surface area contributed by atoms with Gasteiger partial charge in [0.05, 0.1) is 17.3 Å². The number of hydrogen-bond donors (Lipinski definition) is 1. The Balaban J connectivity index is 1.98. The Morgan fingerprint density at radius 3 is 2.78 bits per heavy atom. The average Bonchev–Trinajstić information content (AvgIpc) is 2.57. The smallest absolute Gasteiger partial charge is 0.257 e. The van der Waals surface area contributed by atoms with Crippen LogP contribution in [0.4, 0.5) is 14.5 Å². The van der Waals surface area contributed by atoms with Gasteiger partial charge in [-0.2, -0.15) is 5.10 Å². The van der Waals surface area contributed by atoms with Crippen molar-refractivity contribution in [3.05, 3.63) is 12.4 Å². The number of carbonyl (C=O) groups is 1. The normalized spacial score (nSPS) is 25.2. The SMILES string of the molecule is C[C@@]1(C(=O)Nc2cnn(CC(F)F)c2)CC1(Cl)Cl. The van der Waals surface area contributed by atoms with Crippen LogP contribution in [-0.2, 0) is 11.3 Å². The maximum Gasteiger partial charge on any atom is 0.257 e. The Labute approximate surface area is 112 Å². The first-order valence-electron chi connectivity index (χ1n) is 5.24. The van der Waals surface area contributed by atoms with E-state index in [1.54, 1.807) is 6.92 Å². The molecular weight excluding hydrogens is 287 g/mol. The topological polar surface area (TPSA) is 46.9 Å². The van der Waals surface area contributed by atoms with Gasteiger partial charge >= 0.3 is 0 Å². The predicted octanol–water partition coefficient (Wildman–Crippen LogP) is 2.67. The summed E-state index contributed by atoms with van der Waals surface area (Å²) in [6, 6.07) is 0. The highest BCUT2D eigenvalue weighted by atomic mass is 35.5. The third kappa shape index (κ3) is 2.44. The fourth-order valence-electron chi connectivity index (χ4n) is 1.58. The van der Waals surface area contributed by atoms with Gasteiger partial charge < -0.3 is 5.32 Å². The summed E-state index contributed by atoms with van der Waals surface area (Å²) in [5.41, 5.74) is -0.501. The van der Waals surface area contributed by atoms with Gasteiger partial charge in [0.25, 0.3) is 6.43 Å². The van der Waals surface area contributed by atoms with Crippen LogP contribution in [0.1, 0.15) is 13.3 Å². The van der Waals surface area contributed by atoms with Crippen molar-refractivity contribution in [1.82, 2.24) is 9.78 Å². The molecule has 1 N–H and O–H groups in total. The molecule has 1 aliphatic carbocycles. The molecule has 1 amide bonds. The monoisotopic (exact) mass is 297 g/mol. The molecular formula is C10H11Cl2F2N3O. The molecule has 1 aliphatic rings. The van der Waals surface area contributed by atoms with Crippen molar-refractivity contribution in [1.29, 1.82) is 0 Å². The van der Waals surface area contributed by atoms with E-state index in [0.29, 0.717) is 12.1 Å². The zero-order chi connectivity index (χ0) is 13.6. The van der Waals surface area contributed by atoms with Crippen molar-refractivity contribution in [3.8, 4) is 0 Å². The van der Waals surface area contributed by atoms with Crippen LogP contribution in [0.2, 0.25) is 0 Å². The number of aromatic nitrogens is 2. The van der Waals surface area contributed by atoms with Crippen molar-refractivity contribution in [2.75, 3.05) is 5.32 Å². The maximum absolute atomic E-state index is 12.1. The molecule has 1 fully saturated rings. The lowest BCUT2D eigenvalue weighted by Crippen LogP contribution is -2.25. The largest absolute Gasteiger partial charge is 0.323 e. The minimum atomic E-state index is -2.49. The van der Waals surface area contributed by atoms with E-state index >= 15 is 0 Å². The van der Waals surface area contributed by atoms with Crippen molar-refractivity contribution in [3.63, 3.8) is 0 Å². The molecule has 0 radical (unpaired) electrons. The number of nitrogens with zero attached hydrogens (tertiary/aromatic N) is 2. The molecule has 18 heavy (non-hydrogen) atoms. The summed E-state index contributed by atoms with van der Waals surface area (Å²) in [6.07, 6.45) is 0.503. The van der Waals surface area contributed by atoms with Crippen molar-refractivity contribution < 1.29 is 13.6 Å². The minimum Gasteiger partial charge on any atom is -0.323 e. The van der Waals surface area contributed by atoms with E-state index in [0.717, 1.165) is 4.68 Å². The zero-order valence-corrected chi connectivity index (χ0v) is 11.0. The molecule has 1 saturated carbocycles. The van der Waals surface area contributed by atoms with Crippen molar-refractivity contribution in [2.24, 2.45) is 5.41 Å². The molecule has 100 valence electrons. The highest BCUT2D eigenvalue weighted by Crippen LogP contribution is 2.64. The van der Waals surface area contributed by atoms with Crippen LogP contribution in [0.3, 0.4) is 0 Å². The van der Waals surface area contributed by atoms with Crippen LogP contribution in [0.25, 0.3) is 0 Å². The molecule has 0 saturated heterocycles. The van der Waals surface area contributed by atoms with Crippen LogP contribution in [0.15, 0.2) is 12.4 Å². The second-order valence-corrected chi connectivity index (χ2v) is 5.99. The Kier molecular flexibility index (Phi) is 3.27. The van der Waals surface area contributed by atoms with Gasteiger partial charge in [-0.25, -0.2) is 8.78 Å². The van der Waals surface area contributed by atoms with E-state index in [1.807, 2.05) is 0 Å².